The van der Waals surface area contributed by atoms with E-state index in [1.807, 2.05) is 20.8 Å². The highest BCUT2D eigenvalue weighted by atomic mass is 16.6. The molecule has 0 radical (unpaired) electrons. The molecule has 48 valence electrons. The monoisotopic (exact) mass is 118 g/mol. The van der Waals surface area contributed by atoms with Crippen molar-refractivity contribution in [2.75, 3.05) is 0 Å². The molecule has 0 aliphatic carbocycles. The van der Waals surface area contributed by atoms with E-state index >= 15 is 0 Å². The van der Waals surface area contributed by atoms with E-state index in [4.69, 9.17) is 6.17 Å². The van der Waals surface area contributed by atoms with Crippen molar-refractivity contribution in [2.45, 2.75) is 26.4 Å². The van der Waals surface area contributed by atoms with Crippen LogP contribution in [0.4, 0.5) is 0 Å². The Morgan fingerprint density at radius 2 is 2.25 bits per heavy atom. The van der Waals surface area contributed by atoms with Crippen LogP contribution in [0.25, 0.3) is 1.43 Å². The largest absolute Gasteiger partial charge is 0.481 e. The van der Waals surface area contributed by atoms with Gasteiger partial charge in [-0.1, -0.05) is 0 Å². The van der Waals surface area contributed by atoms with Crippen molar-refractivity contribution in [2.24, 2.45) is 0 Å². The molecule has 0 saturated carbocycles. The van der Waals surface area contributed by atoms with Crippen molar-refractivity contribution in [3.8, 4) is 0 Å². The molecule has 0 aliphatic heterocycles. The van der Waals surface area contributed by atoms with Crippen molar-refractivity contribution in [1.82, 2.24) is 0 Å². The molecule has 0 saturated heterocycles. The van der Waals surface area contributed by atoms with Gasteiger partial charge in [0.25, 0.3) is 7.38 Å². The lowest BCUT2D eigenvalue weighted by Crippen LogP contribution is -2.17. The minimum absolute atomic E-state index is 0.0301. The quantitative estimate of drug-likeness (QED) is 0.560. The summed E-state index contributed by atoms with van der Waals surface area (Å²) in [5.74, 6) is 0.0301. The van der Waals surface area contributed by atoms with Gasteiger partial charge in [-0.05, 0) is 27.4 Å². The zero-order chi connectivity index (χ0) is 7.49. The van der Waals surface area contributed by atoms with E-state index in [1.54, 1.807) is 0 Å². The van der Waals surface area contributed by atoms with Gasteiger partial charge in [0.05, 0.1) is 0 Å². The van der Waals surface area contributed by atoms with E-state index in [1.165, 1.54) is 0 Å². The molecule has 0 aromatic rings. The van der Waals surface area contributed by atoms with Crippen LogP contribution >= 0.6 is 0 Å². The molecule has 0 atom stereocenters. The van der Waals surface area contributed by atoms with Crippen LogP contribution in [0.2, 0.25) is 0 Å². The first-order valence-electron chi connectivity index (χ1n) is 2.87. The molecular formula is C6H12O2. The standard InChI is InChI=1S/C6H12O2/c1-5(7)8-6(2,3)4/h7H,1H2,2-4H3/i/hT. The maximum Gasteiger partial charge on any atom is 0.296 e. The van der Waals surface area contributed by atoms with Crippen molar-refractivity contribution in [3.63, 3.8) is 0 Å². The summed E-state index contributed by atoms with van der Waals surface area (Å²) in [6, 6.07) is 0. The van der Waals surface area contributed by atoms with Crippen LogP contribution in [-0.4, -0.2) is 10.7 Å². The maximum atomic E-state index is 6.36. The van der Waals surface area contributed by atoms with Gasteiger partial charge >= 0.3 is 0 Å². The molecule has 0 unspecified atom stereocenters. The lowest BCUT2D eigenvalue weighted by Gasteiger charge is -2.18. The Balaban J connectivity index is 3.60. The van der Waals surface area contributed by atoms with Gasteiger partial charge in [-0.15, -0.1) is 0 Å². The van der Waals surface area contributed by atoms with Crippen LogP contribution in [0.1, 0.15) is 20.8 Å². The predicted molar refractivity (Wildman–Crippen MR) is 32.6 cm³/mol. The smallest absolute Gasteiger partial charge is 0.296 e. The zero-order valence-corrected chi connectivity index (χ0v) is 5.52. The zero-order valence-electron chi connectivity index (χ0n) is 6.52. The molecule has 0 aromatic carbocycles. The molecule has 0 spiro atoms. The molecule has 8 heavy (non-hydrogen) atoms. The van der Waals surface area contributed by atoms with E-state index in [2.05, 4.69) is 11.7 Å². The highest BCUT2D eigenvalue weighted by molar-refractivity contribution is 4.70. The molecule has 0 aromatic heterocycles. The Hall–Kier alpha value is -0.660. The summed E-state index contributed by atoms with van der Waals surface area (Å²) in [4.78, 5) is 0. The summed E-state index contributed by atoms with van der Waals surface area (Å²) in [5, 5.41) is 3.96. The van der Waals surface area contributed by atoms with E-state index in [0.29, 0.717) is 0 Å². The number of aliphatic hydroxyl groups excluding tert-OH is 1. The van der Waals surface area contributed by atoms with Crippen molar-refractivity contribution < 1.29 is 9.85 Å². The predicted octanol–water partition coefficient (Wildman–Crippen LogP) is 1.83. The van der Waals surface area contributed by atoms with Gasteiger partial charge in [0.15, 0.2) is 0 Å². The lowest BCUT2D eigenvalue weighted by atomic mass is 10.2. The molecule has 0 rings (SSSR count). The van der Waals surface area contributed by atoms with E-state index in [-0.39, 0.29) is 11.5 Å². The van der Waals surface area contributed by atoms with Gasteiger partial charge in [0.1, 0.15) is 5.60 Å². The highest BCUT2D eigenvalue weighted by Crippen LogP contribution is 2.09. The summed E-state index contributed by atoms with van der Waals surface area (Å²) in [5.41, 5.74) is -0.321. The Kier molecular flexibility index (Phi) is 1.42. The van der Waals surface area contributed by atoms with Gasteiger partial charge in [-0.25, -0.2) is 0 Å². The molecule has 0 heterocycles. The molecule has 0 bridgehead atoms. The highest BCUT2D eigenvalue weighted by Gasteiger charge is 2.10. The van der Waals surface area contributed by atoms with Gasteiger partial charge in [-0.3, -0.25) is 0 Å². The summed E-state index contributed by atoms with van der Waals surface area (Å²) in [6.07, 6.45) is 0. The van der Waals surface area contributed by atoms with Crippen LogP contribution in [0.3, 0.4) is 0 Å². The van der Waals surface area contributed by atoms with Gasteiger partial charge in [0.2, 0.25) is 0 Å². The van der Waals surface area contributed by atoms with Crippen LogP contribution < -0.4 is 0 Å². The van der Waals surface area contributed by atoms with Crippen molar-refractivity contribution in [3.05, 3.63) is 12.5 Å². The first-order valence-corrected chi connectivity index (χ1v) is 2.47. The first kappa shape index (κ1) is 5.48. The molecule has 0 fully saturated rings. The second-order valence-electron chi connectivity index (χ2n) is 2.59. The topological polar surface area (TPSA) is 29.5 Å². The van der Waals surface area contributed by atoms with Crippen molar-refractivity contribution >= 4 is 0 Å². The molecule has 0 amide bonds. The second-order valence-corrected chi connectivity index (χ2v) is 2.59. The summed E-state index contributed by atoms with van der Waals surface area (Å²) in [7, 11) is 0. The minimum atomic E-state index is -0.321. The molecular weight excluding hydrogens is 104 g/mol. The third-order valence-electron chi connectivity index (χ3n) is 0.420. The summed E-state index contributed by atoms with van der Waals surface area (Å²) >= 11 is 0. The Labute approximate surface area is 51.3 Å². The summed E-state index contributed by atoms with van der Waals surface area (Å²) < 4.78 is 11.3. The molecule has 0 aliphatic rings. The first-order chi connectivity index (χ1) is 3.95. The normalized spacial score (nSPS) is 12.1. The number of hydrogen-bond acceptors (Lipinski definition) is 2. The SMILES string of the molecule is [3H]OC(=C)OC(C)(C)C. The lowest BCUT2D eigenvalue weighted by molar-refractivity contribution is -0.0130. The number of hydrogen-bond donors (Lipinski definition) is 1. The average molecular weight is 118 g/mol. The van der Waals surface area contributed by atoms with Gasteiger partial charge < -0.3 is 9.85 Å². The van der Waals surface area contributed by atoms with E-state index in [9.17, 15) is 0 Å². The fraction of sp³-hybridized carbons (Fsp3) is 0.667. The fourth-order valence-electron chi connectivity index (χ4n) is 0.342. The van der Waals surface area contributed by atoms with E-state index < -0.39 is 0 Å². The third-order valence-corrected chi connectivity index (χ3v) is 0.420. The van der Waals surface area contributed by atoms with Crippen molar-refractivity contribution in [1.29, 1.82) is 1.43 Å². The van der Waals surface area contributed by atoms with Gasteiger partial charge in [-0.2, -0.15) is 0 Å². The minimum Gasteiger partial charge on any atom is -0.481 e. The Morgan fingerprint density at radius 3 is 2.38 bits per heavy atom. The number of aliphatic hydroxyl groups is 1. The van der Waals surface area contributed by atoms with E-state index in [0.717, 1.165) is 0 Å². The molecule has 1 N–H and O–H groups in total. The Bertz CT molecular complexity index is 104. The van der Waals surface area contributed by atoms with Crippen LogP contribution in [0, 0.1) is 0 Å². The van der Waals surface area contributed by atoms with Crippen LogP contribution in [0.15, 0.2) is 12.5 Å². The van der Waals surface area contributed by atoms with Crippen LogP contribution in [0.5, 0.6) is 0 Å². The average Bonchev–Trinajstić information content (AvgIpc) is 1.62. The fourth-order valence-corrected chi connectivity index (χ4v) is 0.342. The summed E-state index contributed by atoms with van der Waals surface area (Å²) in [6.45, 7) is 8.90. The van der Waals surface area contributed by atoms with Gasteiger partial charge in [0, 0.05) is 0 Å². The maximum absolute atomic E-state index is 6.36. The Morgan fingerprint density at radius 1 is 1.75 bits per heavy atom. The number of rotatable bonds is 2. The third kappa shape index (κ3) is 5.34. The molecule has 2 heteroatoms. The molecule has 2 nitrogen and oxygen atoms in total. The number of ether oxygens (including phenoxy) is 1. The van der Waals surface area contributed by atoms with Crippen LogP contribution in [-0.2, 0) is 4.74 Å². The second kappa shape index (κ2) is 2.07.